The Hall–Kier alpha value is -0.700. The second-order valence-corrected chi connectivity index (χ2v) is 8.31. The van der Waals surface area contributed by atoms with Crippen molar-refractivity contribution in [2.45, 2.75) is 52.4 Å². The normalized spacial score (nSPS) is 15.4. The third kappa shape index (κ3) is 9.34. The Labute approximate surface area is 134 Å². The Morgan fingerprint density at radius 1 is 1.23 bits per heavy atom. The number of carbonyl (C=O) groups is 1. The highest BCUT2D eigenvalue weighted by Crippen LogP contribution is 2.07. The van der Waals surface area contributed by atoms with Gasteiger partial charge in [-0.1, -0.05) is 13.8 Å². The number of ether oxygens (including phenoxy) is 2. The van der Waals surface area contributed by atoms with Crippen LogP contribution in [0.4, 0.5) is 0 Å². The molecule has 0 unspecified atom stereocenters. The van der Waals surface area contributed by atoms with Gasteiger partial charge in [-0.15, -0.1) is 0 Å². The van der Waals surface area contributed by atoms with Gasteiger partial charge in [0.15, 0.2) is 0 Å². The molecule has 7 nitrogen and oxygen atoms in total. The lowest BCUT2D eigenvalue weighted by Gasteiger charge is -2.25. The maximum absolute atomic E-state index is 11.8. The van der Waals surface area contributed by atoms with Crippen LogP contribution in [-0.2, 0) is 24.3 Å². The van der Waals surface area contributed by atoms with Crippen LogP contribution in [-0.4, -0.2) is 63.4 Å². The molecular formula is C14H30N2O5S. The SMILES string of the molecule is CC(C)C[C@H](N)C(=O)OC[C@H](CN(C)S(C)(=O)=O)OC(C)C. The minimum atomic E-state index is -3.32. The number of hydrogen-bond acceptors (Lipinski definition) is 6. The highest BCUT2D eigenvalue weighted by molar-refractivity contribution is 7.88. The van der Waals surface area contributed by atoms with E-state index in [0.29, 0.717) is 12.3 Å². The van der Waals surface area contributed by atoms with Gasteiger partial charge in [0.25, 0.3) is 0 Å². The molecule has 2 atom stereocenters. The number of nitrogens with zero attached hydrogens (tertiary/aromatic N) is 1. The molecule has 0 aromatic heterocycles. The Morgan fingerprint density at radius 2 is 1.77 bits per heavy atom. The van der Waals surface area contributed by atoms with Crippen LogP contribution in [0.25, 0.3) is 0 Å². The number of rotatable bonds is 10. The molecule has 0 bridgehead atoms. The number of hydrogen-bond donors (Lipinski definition) is 1. The summed E-state index contributed by atoms with van der Waals surface area (Å²) in [6, 6.07) is -0.674. The van der Waals surface area contributed by atoms with Crippen molar-refractivity contribution in [1.82, 2.24) is 4.31 Å². The molecule has 0 aromatic rings. The van der Waals surface area contributed by atoms with Crippen molar-refractivity contribution in [2.24, 2.45) is 11.7 Å². The average Bonchev–Trinajstić information content (AvgIpc) is 2.32. The van der Waals surface area contributed by atoms with E-state index in [1.165, 1.54) is 11.4 Å². The summed E-state index contributed by atoms with van der Waals surface area (Å²) in [5.41, 5.74) is 5.75. The van der Waals surface area contributed by atoms with Crippen LogP contribution in [0.1, 0.15) is 34.1 Å². The minimum Gasteiger partial charge on any atom is -0.462 e. The van der Waals surface area contributed by atoms with Gasteiger partial charge in [-0.05, 0) is 26.2 Å². The molecule has 0 heterocycles. The molecule has 22 heavy (non-hydrogen) atoms. The van der Waals surface area contributed by atoms with Crippen molar-refractivity contribution < 1.29 is 22.7 Å². The summed E-state index contributed by atoms with van der Waals surface area (Å²) in [5.74, 6) is -0.199. The highest BCUT2D eigenvalue weighted by atomic mass is 32.2. The molecule has 0 aromatic carbocycles. The topological polar surface area (TPSA) is 98.9 Å². The summed E-state index contributed by atoms with van der Waals surface area (Å²) >= 11 is 0. The van der Waals surface area contributed by atoms with Gasteiger partial charge in [0.2, 0.25) is 10.0 Å². The van der Waals surface area contributed by atoms with Gasteiger partial charge in [-0.25, -0.2) is 12.7 Å². The second-order valence-electron chi connectivity index (χ2n) is 6.22. The van der Waals surface area contributed by atoms with Crippen LogP contribution in [0.2, 0.25) is 0 Å². The fraction of sp³-hybridized carbons (Fsp3) is 0.929. The smallest absolute Gasteiger partial charge is 0.323 e. The van der Waals surface area contributed by atoms with Crippen molar-refractivity contribution in [3.05, 3.63) is 0 Å². The number of sulfonamides is 1. The quantitative estimate of drug-likeness (QED) is 0.585. The van der Waals surface area contributed by atoms with Crippen molar-refractivity contribution in [1.29, 1.82) is 0 Å². The zero-order valence-electron chi connectivity index (χ0n) is 14.4. The molecule has 132 valence electrons. The molecule has 0 amide bonds. The maximum atomic E-state index is 11.8. The fourth-order valence-electron chi connectivity index (χ4n) is 1.83. The lowest BCUT2D eigenvalue weighted by atomic mass is 10.1. The van der Waals surface area contributed by atoms with Crippen LogP contribution in [0.5, 0.6) is 0 Å². The molecule has 0 radical (unpaired) electrons. The summed E-state index contributed by atoms with van der Waals surface area (Å²) in [6.07, 6.45) is 1.01. The van der Waals surface area contributed by atoms with Crippen LogP contribution < -0.4 is 5.73 Å². The van der Waals surface area contributed by atoms with Crippen LogP contribution in [0, 0.1) is 5.92 Å². The van der Waals surface area contributed by atoms with E-state index < -0.39 is 28.1 Å². The third-order valence-electron chi connectivity index (χ3n) is 2.93. The van der Waals surface area contributed by atoms with Gasteiger partial charge < -0.3 is 15.2 Å². The minimum absolute atomic E-state index is 0.0251. The molecule has 0 saturated heterocycles. The number of esters is 1. The summed E-state index contributed by atoms with van der Waals surface area (Å²) in [5, 5.41) is 0. The number of likely N-dealkylation sites (N-methyl/N-ethyl adjacent to an activating group) is 1. The number of carbonyl (C=O) groups excluding carboxylic acids is 1. The lowest BCUT2D eigenvalue weighted by molar-refractivity contribution is -0.151. The van der Waals surface area contributed by atoms with E-state index in [-0.39, 0.29) is 19.3 Å². The van der Waals surface area contributed by atoms with Gasteiger partial charge in [0.1, 0.15) is 18.8 Å². The first kappa shape index (κ1) is 21.3. The Bertz CT molecular complexity index is 437. The average molecular weight is 338 g/mol. The number of nitrogens with two attached hydrogens (primary N) is 1. The van der Waals surface area contributed by atoms with Crippen molar-refractivity contribution in [3.63, 3.8) is 0 Å². The predicted molar refractivity (Wildman–Crippen MR) is 85.9 cm³/mol. The summed E-state index contributed by atoms with van der Waals surface area (Å²) < 4.78 is 34.9. The van der Waals surface area contributed by atoms with Crippen molar-refractivity contribution in [3.8, 4) is 0 Å². The van der Waals surface area contributed by atoms with Crippen molar-refractivity contribution in [2.75, 3.05) is 26.5 Å². The van der Waals surface area contributed by atoms with Crippen LogP contribution in [0.15, 0.2) is 0 Å². The van der Waals surface area contributed by atoms with Crippen LogP contribution >= 0.6 is 0 Å². The molecule has 0 fully saturated rings. The molecule has 0 spiro atoms. The monoisotopic (exact) mass is 338 g/mol. The van der Waals surface area contributed by atoms with Gasteiger partial charge in [-0.3, -0.25) is 4.79 Å². The zero-order chi connectivity index (χ0) is 17.5. The first-order valence-electron chi connectivity index (χ1n) is 7.42. The predicted octanol–water partition coefficient (Wildman–Crippen LogP) is 0.588. The van der Waals surface area contributed by atoms with Gasteiger partial charge in [0.05, 0.1) is 12.4 Å². The van der Waals surface area contributed by atoms with E-state index in [9.17, 15) is 13.2 Å². The third-order valence-corrected chi connectivity index (χ3v) is 4.21. The summed E-state index contributed by atoms with van der Waals surface area (Å²) in [7, 11) is -1.86. The zero-order valence-corrected chi connectivity index (χ0v) is 15.2. The molecular weight excluding hydrogens is 308 g/mol. The molecule has 0 aliphatic heterocycles. The van der Waals surface area contributed by atoms with Gasteiger partial charge in [-0.2, -0.15) is 0 Å². The van der Waals surface area contributed by atoms with E-state index in [2.05, 4.69) is 0 Å². The van der Waals surface area contributed by atoms with Crippen molar-refractivity contribution >= 4 is 16.0 Å². The molecule has 0 aliphatic rings. The Kier molecular flexibility index (Phi) is 9.14. The Balaban J connectivity index is 4.57. The standard InChI is InChI=1S/C14H30N2O5S/c1-10(2)7-13(15)14(17)20-9-12(21-11(3)4)8-16(5)22(6,18)19/h10-13H,7-9,15H2,1-6H3/t12-,13-/m0/s1. The summed E-state index contributed by atoms with van der Waals surface area (Å²) in [6.45, 7) is 7.70. The first-order valence-corrected chi connectivity index (χ1v) is 9.27. The highest BCUT2D eigenvalue weighted by Gasteiger charge is 2.23. The Morgan fingerprint density at radius 3 is 2.18 bits per heavy atom. The van der Waals surface area contributed by atoms with Gasteiger partial charge >= 0.3 is 5.97 Å². The summed E-state index contributed by atoms with van der Waals surface area (Å²) in [4.78, 5) is 11.8. The van der Waals surface area contributed by atoms with E-state index in [1.807, 2.05) is 27.7 Å². The lowest BCUT2D eigenvalue weighted by Crippen LogP contribution is -2.41. The van der Waals surface area contributed by atoms with Gasteiger partial charge in [0, 0.05) is 13.6 Å². The van der Waals surface area contributed by atoms with E-state index in [0.717, 1.165) is 6.26 Å². The van der Waals surface area contributed by atoms with E-state index >= 15 is 0 Å². The second kappa shape index (κ2) is 9.44. The first-order chi connectivity index (χ1) is 9.93. The maximum Gasteiger partial charge on any atom is 0.323 e. The molecule has 2 N–H and O–H groups in total. The largest absolute Gasteiger partial charge is 0.462 e. The molecule has 0 saturated carbocycles. The van der Waals surface area contributed by atoms with E-state index in [4.69, 9.17) is 15.2 Å². The molecule has 8 heteroatoms. The molecule has 0 aliphatic carbocycles. The van der Waals surface area contributed by atoms with E-state index in [1.54, 1.807) is 0 Å². The fourth-order valence-corrected chi connectivity index (χ4v) is 2.27. The van der Waals surface area contributed by atoms with Crippen LogP contribution in [0.3, 0.4) is 0 Å². The molecule has 0 rings (SSSR count).